The molecule has 0 spiro atoms. The van der Waals surface area contributed by atoms with Crippen molar-refractivity contribution in [2.75, 3.05) is 6.54 Å². The number of hydrogen-bond acceptors (Lipinski definition) is 2. The number of hydrogen-bond donors (Lipinski definition) is 1. The Labute approximate surface area is 54.7 Å². The molecule has 8 heavy (non-hydrogen) atoms. The third kappa shape index (κ3) is 5.92. The predicted molar refractivity (Wildman–Crippen MR) is 37.5 cm³/mol. The Morgan fingerprint density at radius 3 is 2.50 bits per heavy atom. The van der Waals surface area contributed by atoms with E-state index in [-0.39, 0.29) is 6.04 Å². The molecule has 3 heteroatoms. The zero-order chi connectivity index (χ0) is 6.57. The molecule has 0 aliphatic heterocycles. The van der Waals surface area contributed by atoms with Gasteiger partial charge in [-0.1, -0.05) is 11.6 Å². The molecule has 0 fully saturated rings. The van der Waals surface area contributed by atoms with Crippen molar-refractivity contribution in [1.29, 1.82) is 0 Å². The van der Waals surface area contributed by atoms with E-state index in [2.05, 4.69) is 4.99 Å². The maximum atomic E-state index is 5.42. The minimum Gasteiger partial charge on any atom is -0.326 e. The van der Waals surface area contributed by atoms with Gasteiger partial charge in [-0.2, -0.15) is 0 Å². The standard InChI is InChI=1S/C5H11ClN2/c1-4(7)3-8-5(2)6/h4H,3,7H2,1-2H3. The maximum Gasteiger partial charge on any atom is 0.0972 e. The molecule has 0 rings (SSSR count). The van der Waals surface area contributed by atoms with Crippen LogP contribution in [-0.4, -0.2) is 17.8 Å². The van der Waals surface area contributed by atoms with Crippen LogP contribution in [0.3, 0.4) is 0 Å². The fraction of sp³-hybridized carbons (Fsp3) is 0.800. The Balaban J connectivity index is 3.29. The van der Waals surface area contributed by atoms with Gasteiger partial charge in [0.15, 0.2) is 0 Å². The molecule has 0 aromatic rings. The first-order valence-corrected chi connectivity index (χ1v) is 2.93. The highest BCUT2D eigenvalue weighted by Gasteiger charge is 1.88. The fourth-order valence-electron chi connectivity index (χ4n) is 0.270. The average molecular weight is 135 g/mol. The van der Waals surface area contributed by atoms with Crippen LogP contribution in [0.1, 0.15) is 13.8 Å². The van der Waals surface area contributed by atoms with E-state index in [0.29, 0.717) is 11.7 Å². The second-order valence-electron chi connectivity index (χ2n) is 1.82. The van der Waals surface area contributed by atoms with Crippen LogP contribution in [0.5, 0.6) is 0 Å². The van der Waals surface area contributed by atoms with Crippen molar-refractivity contribution < 1.29 is 0 Å². The molecule has 0 aliphatic rings. The van der Waals surface area contributed by atoms with E-state index >= 15 is 0 Å². The van der Waals surface area contributed by atoms with Crippen molar-refractivity contribution in [3.63, 3.8) is 0 Å². The third-order valence-electron chi connectivity index (χ3n) is 0.597. The average Bonchev–Trinajstić information content (AvgIpc) is 1.61. The SMILES string of the molecule is CC(Cl)=NCC(C)N. The smallest absolute Gasteiger partial charge is 0.0972 e. The highest BCUT2D eigenvalue weighted by molar-refractivity contribution is 6.64. The first kappa shape index (κ1) is 7.92. The van der Waals surface area contributed by atoms with Crippen molar-refractivity contribution in [3.8, 4) is 0 Å². The lowest BCUT2D eigenvalue weighted by atomic mass is 10.4. The quantitative estimate of drug-likeness (QED) is 0.562. The van der Waals surface area contributed by atoms with E-state index in [0.717, 1.165) is 0 Å². The van der Waals surface area contributed by atoms with Gasteiger partial charge >= 0.3 is 0 Å². The predicted octanol–water partition coefficient (Wildman–Crippen LogP) is 0.991. The summed E-state index contributed by atoms with van der Waals surface area (Å²) in [6.45, 7) is 4.25. The lowest BCUT2D eigenvalue weighted by Crippen LogP contribution is -2.18. The van der Waals surface area contributed by atoms with E-state index in [1.54, 1.807) is 6.92 Å². The van der Waals surface area contributed by atoms with Gasteiger partial charge < -0.3 is 5.73 Å². The molecule has 0 aromatic heterocycles. The van der Waals surface area contributed by atoms with E-state index in [4.69, 9.17) is 17.3 Å². The molecular formula is C5H11ClN2. The van der Waals surface area contributed by atoms with Crippen LogP contribution in [0.2, 0.25) is 0 Å². The van der Waals surface area contributed by atoms with Gasteiger partial charge in [0.1, 0.15) is 0 Å². The molecule has 1 unspecified atom stereocenters. The highest BCUT2D eigenvalue weighted by Crippen LogP contribution is 1.84. The molecule has 0 heterocycles. The van der Waals surface area contributed by atoms with Gasteiger partial charge in [-0.25, -0.2) is 0 Å². The summed E-state index contributed by atoms with van der Waals surface area (Å²) in [5.41, 5.74) is 5.37. The normalized spacial score (nSPS) is 16.2. The Morgan fingerprint density at radius 2 is 2.38 bits per heavy atom. The highest BCUT2D eigenvalue weighted by atomic mass is 35.5. The summed E-state index contributed by atoms with van der Waals surface area (Å²) in [5, 5.41) is 0.572. The van der Waals surface area contributed by atoms with Gasteiger partial charge in [0.2, 0.25) is 0 Å². The summed E-state index contributed by atoms with van der Waals surface area (Å²) in [6, 6.07) is 0.115. The minimum atomic E-state index is 0.115. The maximum absolute atomic E-state index is 5.42. The Hall–Kier alpha value is -0.0800. The van der Waals surface area contributed by atoms with Crippen molar-refractivity contribution in [2.24, 2.45) is 10.7 Å². The molecule has 0 bridgehead atoms. The van der Waals surface area contributed by atoms with Crippen molar-refractivity contribution >= 4 is 16.8 Å². The summed E-state index contributed by atoms with van der Waals surface area (Å²) in [4.78, 5) is 3.88. The molecule has 0 aliphatic carbocycles. The first-order chi connectivity index (χ1) is 3.63. The first-order valence-electron chi connectivity index (χ1n) is 2.55. The molecule has 0 saturated heterocycles. The number of halogens is 1. The topological polar surface area (TPSA) is 38.4 Å². The molecule has 0 amide bonds. The van der Waals surface area contributed by atoms with Crippen LogP contribution < -0.4 is 5.73 Å². The van der Waals surface area contributed by atoms with Crippen LogP contribution >= 0.6 is 11.6 Å². The summed E-state index contributed by atoms with van der Waals surface area (Å²) in [7, 11) is 0. The van der Waals surface area contributed by atoms with Gasteiger partial charge in [-0.3, -0.25) is 4.99 Å². The van der Waals surface area contributed by atoms with Crippen molar-refractivity contribution in [3.05, 3.63) is 0 Å². The molecule has 1 atom stereocenters. The molecule has 0 aromatic carbocycles. The lowest BCUT2D eigenvalue weighted by molar-refractivity contribution is 0.755. The van der Waals surface area contributed by atoms with Crippen LogP contribution in [0, 0.1) is 0 Å². The lowest BCUT2D eigenvalue weighted by Gasteiger charge is -1.96. The van der Waals surface area contributed by atoms with E-state index in [1.165, 1.54) is 0 Å². The Morgan fingerprint density at radius 1 is 1.88 bits per heavy atom. The second kappa shape index (κ2) is 3.87. The molecule has 0 saturated carbocycles. The number of nitrogens with zero attached hydrogens (tertiary/aromatic N) is 1. The van der Waals surface area contributed by atoms with E-state index < -0.39 is 0 Å². The molecular weight excluding hydrogens is 124 g/mol. The number of aliphatic imine (C=N–C) groups is 1. The van der Waals surface area contributed by atoms with Crippen LogP contribution in [0.4, 0.5) is 0 Å². The number of rotatable bonds is 2. The molecule has 2 N–H and O–H groups in total. The zero-order valence-corrected chi connectivity index (χ0v) is 5.94. The van der Waals surface area contributed by atoms with Gasteiger partial charge in [0.05, 0.1) is 11.7 Å². The molecule has 2 nitrogen and oxygen atoms in total. The fourth-order valence-corrected chi connectivity index (χ4v) is 0.339. The summed E-state index contributed by atoms with van der Waals surface area (Å²) < 4.78 is 0. The van der Waals surface area contributed by atoms with Crippen LogP contribution in [0.25, 0.3) is 0 Å². The van der Waals surface area contributed by atoms with Crippen molar-refractivity contribution in [2.45, 2.75) is 19.9 Å². The summed E-state index contributed by atoms with van der Waals surface area (Å²) in [5.74, 6) is 0. The van der Waals surface area contributed by atoms with E-state index in [9.17, 15) is 0 Å². The van der Waals surface area contributed by atoms with Crippen LogP contribution in [0.15, 0.2) is 4.99 Å². The van der Waals surface area contributed by atoms with Gasteiger partial charge in [-0.15, -0.1) is 0 Å². The summed E-state index contributed by atoms with van der Waals surface area (Å²) in [6.07, 6.45) is 0. The summed E-state index contributed by atoms with van der Waals surface area (Å²) >= 11 is 5.42. The third-order valence-corrected chi connectivity index (χ3v) is 0.717. The van der Waals surface area contributed by atoms with Gasteiger partial charge in [0, 0.05) is 6.04 Å². The second-order valence-corrected chi connectivity index (χ2v) is 2.36. The van der Waals surface area contributed by atoms with Crippen molar-refractivity contribution in [1.82, 2.24) is 0 Å². The van der Waals surface area contributed by atoms with Gasteiger partial charge in [-0.05, 0) is 13.8 Å². The van der Waals surface area contributed by atoms with Crippen LogP contribution in [-0.2, 0) is 0 Å². The zero-order valence-electron chi connectivity index (χ0n) is 5.19. The monoisotopic (exact) mass is 134 g/mol. The molecule has 48 valence electrons. The Bertz CT molecular complexity index is 84.4. The minimum absolute atomic E-state index is 0.115. The molecule has 0 radical (unpaired) electrons. The number of nitrogens with two attached hydrogens (primary N) is 1. The Kier molecular flexibility index (Phi) is 3.83. The van der Waals surface area contributed by atoms with Gasteiger partial charge in [0.25, 0.3) is 0 Å². The van der Waals surface area contributed by atoms with E-state index in [1.807, 2.05) is 6.92 Å². The largest absolute Gasteiger partial charge is 0.326 e.